The third-order valence-corrected chi connectivity index (χ3v) is 3.12. The summed E-state index contributed by atoms with van der Waals surface area (Å²) in [6.07, 6.45) is 5.44. The van der Waals surface area contributed by atoms with Gasteiger partial charge in [0.1, 0.15) is 0 Å². The molecule has 0 spiro atoms. The third-order valence-electron chi connectivity index (χ3n) is 3.12. The van der Waals surface area contributed by atoms with Gasteiger partial charge in [0.25, 0.3) is 0 Å². The van der Waals surface area contributed by atoms with Gasteiger partial charge < -0.3 is 5.73 Å². The Kier molecular flexibility index (Phi) is 3.51. The monoisotopic (exact) mass is 219 g/mol. The van der Waals surface area contributed by atoms with Gasteiger partial charge in [-0.15, -0.1) is 0 Å². The van der Waals surface area contributed by atoms with Crippen molar-refractivity contribution in [3.05, 3.63) is 30.1 Å². The molecule has 2 rings (SSSR count). The highest BCUT2D eigenvalue weighted by molar-refractivity contribution is 5.76. The molecule has 4 nitrogen and oxygen atoms in total. The van der Waals surface area contributed by atoms with Crippen LogP contribution in [0.3, 0.4) is 0 Å². The van der Waals surface area contributed by atoms with Crippen molar-refractivity contribution in [1.29, 1.82) is 0 Å². The molecule has 2 N–H and O–H groups in total. The van der Waals surface area contributed by atoms with Crippen LogP contribution in [0, 0.1) is 5.92 Å². The summed E-state index contributed by atoms with van der Waals surface area (Å²) in [4.78, 5) is 17.4. The normalized spacial score (nSPS) is 18.5. The van der Waals surface area contributed by atoms with E-state index in [2.05, 4.69) is 16.0 Å². The van der Waals surface area contributed by atoms with Gasteiger partial charge in [0, 0.05) is 24.9 Å². The summed E-state index contributed by atoms with van der Waals surface area (Å²) in [5.41, 5.74) is 6.52. The van der Waals surface area contributed by atoms with Crippen molar-refractivity contribution in [2.24, 2.45) is 11.7 Å². The standard InChI is InChI=1S/C12H17N3O/c13-12(16)11-3-6-15(7-4-11)9-10-2-1-5-14-8-10/h1-2,5,8,11H,3-4,6-7,9H2,(H2,13,16). The van der Waals surface area contributed by atoms with Crippen molar-refractivity contribution in [2.45, 2.75) is 19.4 Å². The van der Waals surface area contributed by atoms with Crippen LogP contribution in [0.5, 0.6) is 0 Å². The number of piperidine rings is 1. The zero-order valence-electron chi connectivity index (χ0n) is 9.30. The van der Waals surface area contributed by atoms with Gasteiger partial charge in [-0.05, 0) is 37.6 Å². The summed E-state index contributed by atoms with van der Waals surface area (Å²) < 4.78 is 0. The molecule has 0 aromatic carbocycles. The molecular formula is C12H17N3O. The molecule has 1 saturated heterocycles. The van der Waals surface area contributed by atoms with Crippen LogP contribution in [-0.4, -0.2) is 28.9 Å². The molecule has 1 aliphatic rings. The van der Waals surface area contributed by atoms with E-state index < -0.39 is 0 Å². The average molecular weight is 219 g/mol. The van der Waals surface area contributed by atoms with E-state index in [1.165, 1.54) is 5.56 Å². The first-order chi connectivity index (χ1) is 7.75. The Balaban J connectivity index is 1.84. The van der Waals surface area contributed by atoms with Crippen molar-refractivity contribution in [1.82, 2.24) is 9.88 Å². The highest BCUT2D eigenvalue weighted by Crippen LogP contribution is 2.18. The third kappa shape index (κ3) is 2.79. The van der Waals surface area contributed by atoms with E-state index in [1.807, 2.05) is 12.3 Å². The number of carbonyl (C=O) groups excluding carboxylic acids is 1. The van der Waals surface area contributed by atoms with E-state index in [-0.39, 0.29) is 11.8 Å². The fraction of sp³-hybridized carbons (Fsp3) is 0.500. The summed E-state index contributed by atoms with van der Waals surface area (Å²) >= 11 is 0. The summed E-state index contributed by atoms with van der Waals surface area (Å²) in [5.74, 6) is -0.0776. The quantitative estimate of drug-likeness (QED) is 0.817. The van der Waals surface area contributed by atoms with Crippen LogP contribution in [0.25, 0.3) is 0 Å². The number of nitrogens with two attached hydrogens (primary N) is 1. The summed E-state index contributed by atoms with van der Waals surface area (Å²) in [6, 6.07) is 4.03. The van der Waals surface area contributed by atoms with Crippen molar-refractivity contribution in [3.63, 3.8) is 0 Å². The predicted molar refractivity (Wildman–Crippen MR) is 61.4 cm³/mol. The van der Waals surface area contributed by atoms with Crippen LogP contribution in [-0.2, 0) is 11.3 Å². The van der Waals surface area contributed by atoms with Crippen LogP contribution in [0.1, 0.15) is 18.4 Å². The lowest BCUT2D eigenvalue weighted by molar-refractivity contribution is -0.123. The molecule has 0 saturated carbocycles. The molecule has 1 amide bonds. The van der Waals surface area contributed by atoms with E-state index in [4.69, 9.17) is 5.73 Å². The highest BCUT2D eigenvalue weighted by Gasteiger charge is 2.22. The molecule has 1 fully saturated rings. The Labute approximate surface area is 95.5 Å². The number of amides is 1. The maximum Gasteiger partial charge on any atom is 0.220 e. The van der Waals surface area contributed by atoms with Crippen molar-refractivity contribution < 1.29 is 4.79 Å². The second-order valence-electron chi connectivity index (χ2n) is 4.31. The zero-order valence-corrected chi connectivity index (χ0v) is 9.30. The van der Waals surface area contributed by atoms with Crippen molar-refractivity contribution in [2.75, 3.05) is 13.1 Å². The van der Waals surface area contributed by atoms with Gasteiger partial charge in [-0.1, -0.05) is 6.07 Å². The van der Waals surface area contributed by atoms with Gasteiger partial charge in [0.2, 0.25) is 5.91 Å². The molecule has 1 aromatic rings. The summed E-state index contributed by atoms with van der Waals surface area (Å²) in [6.45, 7) is 2.81. The Morgan fingerprint density at radius 3 is 2.81 bits per heavy atom. The predicted octanol–water partition coefficient (Wildman–Crippen LogP) is 0.779. The molecule has 16 heavy (non-hydrogen) atoms. The van der Waals surface area contributed by atoms with E-state index in [0.717, 1.165) is 32.5 Å². The van der Waals surface area contributed by atoms with Gasteiger partial charge >= 0.3 is 0 Å². The molecule has 0 aliphatic carbocycles. The van der Waals surface area contributed by atoms with E-state index >= 15 is 0 Å². The highest BCUT2D eigenvalue weighted by atomic mass is 16.1. The molecule has 1 aromatic heterocycles. The number of pyridine rings is 1. The molecule has 0 atom stereocenters. The zero-order chi connectivity index (χ0) is 11.4. The molecular weight excluding hydrogens is 202 g/mol. The summed E-state index contributed by atoms with van der Waals surface area (Å²) in [5, 5.41) is 0. The number of likely N-dealkylation sites (tertiary alicyclic amines) is 1. The first kappa shape index (κ1) is 11.1. The SMILES string of the molecule is NC(=O)C1CCN(Cc2cccnc2)CC1. The molecule has 0 unspecified atom stereocenters. The molecule has 4 heteroatoms. The second-order valence-corrected chi connectivity index (χ2v) is 4.31. The first-order valence-corrected chi connectivity index (χ1v) is 5.66. The maximum atomic E-state index is 11.0. The minimum atomic E-state index is -0.152. The van der Waals surface area contributed by atoms with Gasteiger partial charge in [-0.25, -0.2) is 0 Å². The van der Waals surface area contributed by atoms with E-state index in [9.17, 15) is 4.79 Å². The van der Waals surface area contributed by atoms with Gasteiger partial charge in [-0.2, -0.15) is 0 Å². The molecule has 86 valence electrons. The Hall–Kier alpha value is -1.42. The number of primary amides is 1. The number of hydrogen-bond acceptors (Lipinski definition) is 3. The second kappa shape index (κ2) is 5.07. The van der Waals surface area contributed by atoms with Crippen LogP contribution in [0.4, 0.5) is 0 Å². The molecule has 0 radical (unpaired) electrons. The van der Waals surface area contributed by atoms with E-state index in [1.54, 1.807) is 6.20 Å². The number of aromatic nitrogens is 1. The fourth-order valence-corrected chi connectivity index (χ4v) is 2.13. The smallest absolute Gasteiger partial charge is 0.220 e. The molecule has 0 bridgehead atoms. The van der Waals surface area contributed by atoms with Gasteiger partial charge in [0.05, 0.1) is 0 Å². The van der Waals surface area contributed by atoms with Crippen molar-refractivity contribution >= 4 is 5.91 Å². The van der Waals surface area contributed by atoms with Crippen molar-refractivity contribution in [3.8, 4) is 0 Å². The summed E-state index contributed by atoms with van der Waals surface area (Å²) in [7, 11) is 0. The average Bonchev–Trinajstić information content (AvgIpc) is 2.31. The maximum absolute atomic E-state index is 11.0. The van der Waals surface area contributed by atoms with Crippen LogP contribution < -0.4 is 5.73 Å². The Morgan fingerprint density at radius 1 is 1.50 bits per heavy atom. The lowest BCUT2D eigenvalue weighted by Gasteiger charge is -2.30. The minimum Gasteiger partial charge on any atom is -0.369 e. The number of hydrogen-bond donors (Lipinski definition) is 1. The first-order valence-electron chi connectivity index (χ1n) is 5.66. The largest absolute Gasteiger partial charge is 0.369 e. The Bertz CT molecular complexity index is 345. The molecule has 2 heterocycles. The van der Waals surface area contributed by atoms with Crippen LogP contribution >= 0.6 is 0 Å². The molecule has 1 aliphatic heterocycles. The van der Waals surface area contributed by atoms with E-state index in [0.29, 0.717) is 0 Å². The Morgan fingerprint density at radius 2 is 2.25 bits per heavy atom. The number of rotatable bonds is 3. The minimum absolute atomic E-state index is 0.0742. The van der Waals surface area contributed by atoms with Gasteiger partial charge in [-0.3, -0.25) is 14.7 Å². The lowest BCUT2D eigenvalue weighted by atomic mass is 9.96. The van der Waals surface area contributed by atoms with Gasteiger partial charge in [0.15, 0.2) is 0 Å². The number of carbonyl (C=O) groups is 1. The van der Waals surface area contributed by atoms with Crippen LogP contribution in [0.15, 0.2) is 24.5 Å². The number of nitrogens with zero attached hydrogens (tertiary/aromatic N) is 2. The lowest BCUT2D eigenvalue weighted by Crippen LogP contribution is -2.38. The fourth-order valence-electron chi connectivity index (χ4n) is 2.13. The van der Waals surface area contributed by atoms with Crippen LogP contribution in [0.2, 0.25) is 0 Å². The topological polar surface area (TPSA) is 59.2 Å².